The molecule has 55 heavy (non-hydrogen) atoms. The average Bonchev–Trinajstić information content (AvgIpc) is 3.66. The van der Waals surface area contributed by atoms with E-state index in [1.807, 2.05) is 0 Å². The van der Waals surface area contributed by atoms with Gasteiger partial charge in [-0.05, 0) is 72.8 Å². The molecule has 0 fully saturated rings. The molecule has 0 amide bonds. The van der Waals surface area contributed by atoms with Gasteiger partial charge in [-0.3, -0.25) is 0 Å². The number of nitrogens with zero attached hydrogens (tertiary/aromatic N) is 3. The summed E-state index contributed by atoms with van der Waals surface area (Å²) in [4.78, 5) is 15.9. The Morgan fingerprint density at radius 1 is 0.273 bits per heavy atom. The van der Waals surface area contributed by atoms with E-state index in [1.165, 1.54) is 63.6 Å². The molecule has 0 aliphatic rings. The third-order valence-corrected chi connectivity index (χ3v) is 12.0. The Hall–Kier alpha value is -7.01. The maximum absolute atomic E-state index is 5.31. The Kier molecular flexibility index (Phi) is 7.35. The zero-order valence-corrected chi connectivity index (χ0v) is 30.5. The van der Waals surface area contributed by atoms with Crippen molar-refractivity contribution < 1.29 is 0 Å². The molecule has 2 aromatic heterocycles. The molecule has 0 saturated heterocycles. The van der Waals surface area contributed by atoms with Crippen molar-refractivity contribution in [3.63, 3.8) is 0 Å². The molecule has 0 bridgehead atoms. The molecule has 3 nitrogen and oxygen atoms in total. The van der Waals surface area contributed by atoms with E-state index in [2.05, 4.69) is 188 Å². The van der Waals surface area contributed by atoms with E-state index in [9.17, 15) is 0 Å². The summed E-state index contributed by atoms with van der Waals surface area (Å²) in [6.07, 6.45) is 0. The summed E-state index contributed by atoms with van der Waals surface area (Å²) in [7, 11) is 0. The number of rotatable bonds is 5. The first-order valence-electron chi connectivity index (χ1n) is 18.5. The molecule has 11 aromatic rings. The quantitative estimate of drug-likeness (QED) is 0.166. The number of benzene rings is 9. The minimum Gasteiger partial charge on any atom is -0.208 e. The molecule has 0 spiro atoms. The Balaban J connectivity index is 1.14. The minimum atomic E-state index is 0.643. The first-order chi connectivity index (χ1) is 27.3. The minimum absolute atomic E-state index is 0.643. The van der Waals surface area contributed by atoms with Crippen molar-refractivity contribution in [3.8, 4) is 56.4 Å². The van der Waals surface area contributed by atoms with Crippen molar-refractivity contribution in [2.75, 3.05) is 0 Å². The SMILES string of the molecule is c1ccc(-c2ccc(-c3ccccc3-c3nc(-c4ccc5c6ccccc6c6ccccc6c5c4)nc(-c4cccc5c4sc4ccccc45)n3)cc2)cc1. The van der Waals surface area contributed by atoms with Crippen LogP contribution in [0.5, 0.6) is 0 Å². The predicted octanol–water partition coefficient (Wildman–Crippen LogP) is 14.0. The smallest absolute Gasteiger partial charge is 0.165 e. The van der Waals surface area contributed by atoms with Crippen LogP contribution in [0.2, 0.25) is 0 Å². The Bertz CT molecular complexity index is 3220. The lowest BCUT2D eigenvalue weighted by Gasteiger charge is -2.14. The molecular formula is C51H31N3S. The van der Waals surface area contributed by atoms with Crippen LogP contribution in [0.15, 0.2) is 188 Å². The van der Waals surface area contributed by atoms with Crippen LogP contribution in [-0.2, 0) is 0 Å². The van der Waals surface area contributed by atoms with Gasteiger partial charge >= 0.3 is 0 Å². The van der Waals surface area contributed by atoms with E-state index in [1.54, 1.807) is 11.3 Å². The van der Waals surface area contributed by atoms with E-state index < -0.39 is 0 Å². The summed E-state index contributed by atoms with van der Waals surface area (Å²) in [6, 6.07) is 66.8. The topological polar surface area (TPSA) is 38.7 Å². The van der Waals surface area contributed by atoms with Gasteiger partial charge in [0.15, 0.2) is 17.5 Å². The lowest BCUT2D eigenvalue weighted by molar-refractivity contribution is 1.08. The second kappa shape index (κ2) is 12.8. The predicted molar refractivity (Wildman–Crippen MR) is 232 cm³/mol. The summed E-state index contributed by atoms with van der Waals surface area (Å²) in [6.45, 7) is 0. The third kappa shape index (κ3) is 5.30. The highest BCUT2D eigenvalue weighted by atomic mass is 32.1. The zero-order chi connectivity index (χ0) is 36.3. The fourth-order valence-corrected chi connectivity index (χ4v) is 9.33. The van der Waals surface area contributed by atoms with Crippen molar-refractivity contribution in [1.82, 2.24) is 15.0 Å². The molecule has 4 heteroatoms. The molecule has 0 radical (unpaired) electrons. The molecular weight excluding hydrogens is 687 g/mol. The van der Waals surface area contributed by atoms with Crippen LogP contribution < -0.4 is 0 Å². The average molecular weight is 718 g/mol. The van der Waals surface area contributed by atoms with Crippen LogP contribution in [-0.4, -0.2) is 15.0 Å². The van der Waals surface area contributed by atoms with Gasteiger partial charge in [0.05, 0.1) is 0 Å². The van der Waals surface area contributed by atoms with Crippen LogP contribution in [0.25, 0.3) is 109 Å². The second-order valence-electron chi connectivity index (χ2n) is 13.9. The molecule has 0 saturated carbocycles. The molecule has 0 aliphatic carbocycles. The fraction of sp³-hybridized carbons (Fsp3) is 0. The summed E-state index contributed by atoms with van der Waals surface area (Å²) < 4.78 is 2.42. The van der Waals surface area contributed by atoms with Crippen molar-refractivity contribution in [3.05, 3.63) is 188 Å². The van der Waals surface area contributed by atoms with Crippen LogP contribution in [0, 0.1) is 0 Å². The van der Waals surface area contributed by atoms with Crippen LogP contribution >= 0.6 is 11.3 Å². The highest BCUT2D eigenvalue weighted by Crippen LogP contribution is 2.41. The Labute approximate surface area is 321 Å². The monoisotopic (exact) mass is 717 g/mol. The van der Waals surface area contributed by atoms with Gasteiger partial charge in [-0.25, -0.2) is 15.0 Å². The molecule has 0 unspecified atom stereocenters. The molecule has 0 aliphatic heterocycles. The van der Waals surface area contributed by atoms with E-state index >= 15 is 0 Å². The van der Waals surface area contributed by atoms with Gasteiger partial charge in [-0.15, -0.1) is 11.3 Å². The lowest BCUT2D eigenvalue weighted by Crippen LogP contribution is -2.01. The first-order valence-corrected chi connectivity index (χ1v) is 19.3. The van der Waals surface area contributed by atoms with Crippen LogP contribution in [0.4, 0.5) is 0 Å². The number of thiophene rings is 1. The van der Waals surface area contributed by atoms with Gasteiger partial charge in [-0.1, -0.05) is 170 Å². The van der Waals surface area contributed by atoms with Crippen LogP contribution in [0.3, 0.4) is 0 Å². The van der Waals surface area contributed by atoms with Crippen molar-refractivity contribution in [2.45, 2.75) is 0 Å². The van der Waals surface area contributed by atoms with Crippen molar-refractivity contribution >= 4 is 63.8 Å². The number of fused-ring (bicyclic) bond motifs is 9. The lowest BCUT2D eigenvalue weighted by atomic mass is 9.93. The fourth-order valence-electron chi connectivity index (χ4n) is 8.12. The van der Waals surface area contributed by atoms with Gasteiger partial charge < -0.3 is 0 Å². The number of aromatic nitrogens is 3. The van der Waals surface area contributed by atoms with Crippen molar-refractivity contribution in [1.29, 1.82) is 0 Å². The van der Waals surface area contributed by atoms with E-state index in [0.29, 0.717) is 17.5 Å². The van der Waals surface area contributed by atoms with Crippen molar-refractivity contribution in [2.24, 2.45) is 0 Å². The molecule has 2 heterocycles. The number of hydrogen-bond donors (Lipinski definition) is 0. The Morgan fingerprint density at radius 2 is 0.745 bits per heavy atom. The van der Waals surface area contributed by atoms with Gasteiger partial charge in [-0.2, -0.15) is 0 Å². The number of hydrogen-bond acceptors (Lipinski definition) is 4. The van der Waals surface area contributed by atoms with Gasteiger partial charge in [0.2, 0.25) is 0 Å². The summed E-state index contributed by atoms with van der Waals surface area (Å²) in [5, 5.41) is 9.81. The van der Waals surface area contributed by atoms with E-state index in [4.69, 9.17) is 15.0 Å². The summed E-state index contributed by atoms with van der Waals surface area (Å²) in [5.41, 5.74) is 7.47. The van der Waals surface area contributed by atoms with E-state index in [0.717, 1.165) is 27.8 Å². The summed E-state index contributed by atoms with van der Waals surface area (Å²) in [5.74, 6) is 1.95. The van der Waals surface area contributed by atoms with Gasteiger partial charge in [0.1, 0.15) is 0 Å². The highest BCUT2D eigenvalue weighted by Gasteiger charge is 2.19. The van der Waals surface area contributed by atoms with Gasteiger partial charge in [0, 0.05) is 36.9 Å². The third-order valence-electron chi connectivity index (χ3n) is 10.8. The zero-order valence-electron chi connectivity index (χ0n) is 29.6. The highest BCUT2D eigenvalue weighted by molar-refractivity contribution is 7.26. The molecule has 9 aromatic carbocycles. The van der Waals surface area contributed by atoms with Crippen LogP contribution in [0.1, 0.15) is 0 Å². The normalized spacial score (nSPS) is 11.6. The largest absolute Gasteiger partial charge is 0.208 e. The van der Waals surface area contributed by atoms with E-state index in [-0.39, 0.29) is 0 Å². The summed E-state index contributed by atoms with van der Waals surface area (Å²) >= 11 is 1.79. The standard InChI is InChI=1S/C51H31N3S/c1-2-13-32(14-3-1)33-25-27-34(28-26-33)36-15-4-9-21-44(36)50-52-49(53-51(54-50)45-23-12-22-43-42-20-10-11-24-47(42)55-48(43)45)35-29-30-41-39-18-6-5-16-37(39)38-17-7-8-19-40(38)46(41)31-35/h1-31H. The molecule has 0 atom stereocenters. The van der Waals surface area contributed by atoms with Gasteiger partial charge in [0.25, 0.3) is 0 Å². The molecule has 0 N–H and O–H groups in total. The maximum Gasteiger partial charge on any atom is 0.165 e. The maximum atomic E-state index is 5.31. The first kappa shape index (κ1) is 31.5. The molecule has 256 valence electrons. The Morgan fingerprint density at radius 3 is 1.47 bits per heavy atom. The second-order valence-corrected chi connectivity index (χ2v) is 15.0. The molecule has 11 rings (SSSR count).